The standard InChI is InChI=1S/C13H9Cl2N3O/c14-6-11-13(17-12-3-1-2-4-18(11)12)19-10-5-9(15)7-16-8-10/h1-5,7-8H,6H2. The number of aromatic nitrogens is 3. The number of pyridine rings is 2. The first-order valence-electron chi connectivity index (χ1n) is 5.58. The Balaban J connectivity index is 2.05. The van der Waals surface area contributed by atoms with Crippen LogP contribution >= 0.6 is 23.2 Å². The molecule has 0 aromatic carbocycles. The Bertz CT molecular complexity index is 727. The molecule has 0 spiro atoms. The molecule has 6 heteroatoms. The maximum absolute atomic E-state index is 5.97. The average Bonchev–Trinajstić information content (AvgIpc) is 2.75. The summed E-state index contributed by atoms with van der Waals surface area (Å²) < 4.78 is 7.59. The maximum atomic E-state index is 5.97. The number of fused-ring (bicyclic) bond motifs is 1. The summed E-state index contributed by atoms with van der Waals surface area (Å²) in [5.74, 6) is 1.29. The molecule has 0 aliphatic carbocycles. The highest BCUT2D eigenvalue weighted by molar-refractivity contribution is 6.30. The fourth-order valence-corrected chi connectivity index (χ4v) is 2.20. The van der Waals surface area contributed by atoms with Crippen LogP contribution in [0.5, 0.6) is 11.6 Å². The third-order valence-corrected chi connectivity index (χ3v) is 3.07. The fourth-order valence-electron chi connectivity index (χ4n) is 1.79. The monoisotopic (exact) mass is 293 g/mol. The molecule has 96 valence electrons. The lowest BCUT2D eigenvalue weighted by Crippen LogP contribution is -1.92. The minimum Gasteiger partial charge on any atom is -0.436 e. The summed E-state index contributed by atoms with van der Waals surface area (Å²) in [4.78, 5) is 8.36. The van der Waals surface area contributed by atoms with Crippen LogP contribution < -0.4 is 4.74 Å². The van der Waals surface area contributed by atoms with Crippen molar-refractivity contribution >= 4 is 28.8 Å². The number of hydrogen-bond acceptors (Lipinski definition) is 3. The normalized spacial score (nSPS) is 10.8. The predicted octanol–water partition coefficient (Wildman–Crippen LogP) is 3.91. The van der Waals surface area contributed by atoms with E-state index in [-0.39, 0.29) is 0 Å². The van der Waals surface area contributed by atoms with E-state index in [0.717, 1.165) is 11.3 Å². The van der Waals surface area contributed by atoms with Gasteiger partial charge in [0.1, 0.15) is 17.1 Å². The molecule has 0 aliphatic rings. The number of hydrogen-bond donors (Lipinski definition) is 0. The van der Waals surface area contributed by atoms with Gasteiger partial charge in [-0.05, 0) is 12.1 Å². The zero-order valence-electron chi connectivity index (χ0n) is 9.75. The second-order valence-corrected chi connectivity index (χ2v) is 4.57. The zero-order valence-corrected chi connectivity index (χ0v) is 11.3. The van der Waals surface area contributed by atoms with Gasteiger partial charge in [0.05, 0.1) is 17.1 Å². The van der Waals surface area contributed by atoms with E-state index < -0.39 is 0 Å². The second kappa shape index (κ2) is 5.07. The van der Waals surface area contributed by atoms with Crippen LogP contribution in [-0.4, -0.2) is 14.4 Å². The van der Waals surface area contributed by atoms with Gasteiger partial charge in [-0.15, -0.1) is 11.6 Å². The quantitative estimate of drug-likeness (QED) is 0.687. The summed E-state index contributed by atoms with van der Waals surface area (Å²) in [6, 6.07) is 7.39. The van der Waals surface area contributed by atoms with E-state index in [1.807, 2.05) is 28.8 Å². The van der Waals surface area contributed by atoms with Gasteiger partial charge in [-0.25, -0.2) is 0 Å². The molecule has 3 heterocycles. The Kier molecular flexibility index (Phi) is 3.27. The maximum Gasteiger partial charge on any atom is 0.242 e. The summed E-state index contributed by atoms with van der Waals surface area (Å²) in [7, 11) is 0. The van der Waals surface area contributed by atoms with E-state index in [0.29, 0.717) is 22.5 Å². The third kappa shape index (κ3) is 2.37. The lowest BCUT2D eigenvalue weighted by molar-refractivity contribution is 0.459. The summed E-state index contributed by atoms with van der Waals surface area (Å²) in [5, 5.41) is 0.508. The molecule has 0 aliphatic heterocycles. The highest BCUT2D eigenvalue weighted by Gasteiger charge is 2.13. The molecule has 3 rings (SSSR count). The van der Waals surface area contributed by atoms with Gasteiger partial charge in [0.25, 0.3) is 0 Å². The van der Waals surface area contributed by atoms with Gasteiger partial charge in [-0.2, -0.15) is 4.98 Å². The molecule has 3 aromatic heterocycles. The Morgan fingerprint density at radius 1 is 1.26 bits per heavy atom. The Labute approximate surface area is 119 Å². The first-order chi connectivity index (χ1) is 9.28. The van der Waals surface area contributed by atoms with Crippen molar-refractivity contribution in [2.24, 2.45) is 0 Å². The van der Waals surface area contributed by atoms with Crippen molar-refractivity contribution in [1.29, 1.82) is 0 Å². The number of halogens is 2. The number of alkyl halides is 1. The largest absolute Gasteiger partial charge is 0.436 e. The van der Waals surface area contributed by atoms with Gasteiger partial charge in [0, 0.05) is 18.5 Å². The van der Waals surface area contributed by atoms with Crippen molar-refractivity contribution in [1.82, 2.24) is 14.4 Å². The second-order valence-electron chi connectivity index (χ2n) is 3.87. The van der Waals surface area contributed by atoms with Crippen LogP contribution in [0.1, 0.15) is 5.69 Å². The van der Waals surface area contributed by atoms with Crippen molar-refractivity contribution in [3.8, 4) is 11.6 Å². The van der Waals surface area contributed by atoms with Crippen LogP contribution in [0.25, 0.3) is 5.65 Å². The highest BCUT2D eigenvalue weighted by Crippen LogP contribution is 2.27. The van der Waals surface area contributed by atoms with Crippen LogP contribution in [-0.2, 0) is 5.88 Å². The lowest BCUT2D eigenvalue weighted by atomic mass is 10.4. The highest BCUT2D eigenvalue weighted by atomic mass is 35.5. The first kappa shape index (κ1) is 12.3. The van der Waals surface area contributed by atoms with E-state index in [1.165, 1.54) is 0 Å². The molecule has 0 bridgehead atoms. The Morgan fingerprint density at radius 3 is 2.95 bits per heavy atom. The summed E-state index contributed by atoms with van der Waals surface area (Å²) in [6.07, 6.45) is 5.01. The molecule has 19 heavy (non-hydrogen) atoms. The van der Waals surface area contributed by atoms with Crippen molar-refractivity contribution in [3.63, 3.8) is 0 Å². The molecular formula is C13H9Cl2N3O. The number of rotatable bonds is 3. The average molecular weight is 294 g/mol. The van der Waals surface area contributed by atoms with Gasteiger partial charge in [-0.3, -0.25) is 9.38 Å². The van der Waals surface area contributed by atoms with Crippen molar-refractivity contribution in [2.75, 3.05) is 0 Å². The summed E-state index contributed by atoms with van der Waals surface area (Å²) in [5.41, 5.74) is 1.57. The number of imidazole rings is 1. The van der Waals surface area contributed by atoms with E-state index in [4.69, 9.17) is 27.9 Å². The fraction of sp³-hybridized carbons (Fsp3) is 0.0769. The topological polar surface area (TPSA) is 39.4 Å². The summed E-state index contributed by atoms with van der Waals surface area (Å²) in [6.45, 7) is 0. The smallest absolute Gasteiger partial charge is 0.242 e. The number of ether oxygens (including phenoxy) is 1. The van der Waals surface area contributed by atoms with E-state index >= 15 is 0 Å². The van der Waals surface area contributed by atoms with Crippen molar-refractivity contribution in [3.05, 3.63) is 53.6 Å². The van der Waals surface area contributed by atoms with Crippen molar-refractivity contribution in [2.45, 2.75) is 5.88 Å². The first-order valence-corrected chi connectivity index (χ1v) is 6.49. The van der Waals surface area contributed by atoms with E-state index in [9.17, 15) is 0 Å². The molecule has 0 N–H and O–H groups in total. The zero-order chi connectivity index (χ0) is 13.2. The molecule has 0 amide bonds. The van der Waals surface area contributed by atoms with Gasteiger partial charge < -0.3 is 4.74 Å². The molecule has 0 saturated carbocycles. The predicted molar refractivity (Wildman–Crippen MR) is 74.1 cm³/mol. The Morgan fingerprint density at radius 2 is 2.16 bits per heavy atom. The SMILES string of the molecule is ClCc1c(Oc2cncc(Cl)c2)nc2ccccn12. The number of nitrogens with zero attached hydrogens (tertiary/aromatic N) is 3. The van der Waals surface area contributed by atoms with E-state index in [2.05, 4.69) is 9.97 Å². The van der Waals surface area contributed by atoms with Crippen LogP contribution in [0.3, 0.4) is 0 Å². The molecule has 0 fully saturated rings. The van der Waals surface area contributed by atoms with Gasteiger partial charge in [0.15, 0.2) is 0 Å². The van der Waals surface area contributed by atoms with Gasteiger partial charge in [-0.1, -0.05) is 17.7 Å². The molecule has 0 unspecified atom stereocenters. The molecule has 3 aromatic rings. The van der Waals surface area contributed by atoms with Crippen LogP contribution in [0.2, 0.25) is 5.02 Å². The minimum absolute atomic E-state index is 0.300. The van der Waals surface area contributed by atoms with Gasteiger partial charge in [0.2, 0.25) is 5.88 Å². The molecular weight excluding hydrogens is 285 g/mol. The molecule has 0 atom stereocenters. The van der Waals surface area contributed by atoms with Crippen LogP contribution in [0, 0.1) is 0 Å². The lowest BCUT2D eigenvalue weighted by Gasteiger charge is -2.04. The Hall–Kier alpha value is -1.78. The minimum atomic E-state index is 0.300. The summed E-state index contributed by atoms with van der Waals surface area (Å²) >= 11 is 11.8. The molecule has 0 saturated heterocycles. The third-order valence-electron chi connectivity index (χ3n) is 2.61. The molecule has 0 radical (unpaired) electrons. The van der Waals surface area contributed by atoms with Crippen LogP contribution in [0.15, 0.2) is 42.9 Å². The van der Waals surface area contributed by atoms with E-state index in [1.54, 1.807) is 18.5 Å². The molecule has 4 nitrogen and oxygen atoms in total. The van der Waals surface area contributed by atoms with Gasteiger partial charge >= 0.3 is 0 Å². The van der Waals surface area contributed by atoms with Crippen LogP contribution in [0.4, 0.5) is 0 Å². The van der Waals surface area contributed by atoms with Crippen molar-refractivity contribution < 1.29 is 4.74 Å².